The number of amides is 1. The molecule has 0 bridgehead atoms. The number of anilines is 3. The van der Waals surface area contributed by atoms with E-state index in [9.17, 15) is 4.79 Å². The minimum atomic E-state index is -0.279. The van der Waals surface area contributed by atoms with Gasteiger partial charge in [0.2, 0.25) is 5.91 Å². The number of nitrogens with one attached hydrogen (secondary N) is 2. The van der Waals surface area contributed by atoms with E-state index < -0.39 is 0 Å². The minimum Gasteiger partial charge on any atom is -0.494 e. The number of methoxy groups -OCH3 is 1. The first kappa shape index (κ1) is 26.5. The fourth-order valence-corrected chi connectivity index (χ4v) is 3.88. The summed E-state index contributed by atoms with van der Waals surface area (Å²) >= 11 is 6.14. The standard InChI is InChI=1S/C25H36ClN5O2/c1-8-25(32)29-21-13-22(28-18(6)27-15-20(26)17(4)5)24(33-7)14-23(21)31-12-11-19(16-31)30(9-2)10-3/h8,13-15,19,28H,1,6,9-12,16H2,2-5,7H3,(H,29,32). The molecule has 1 fully saturated rings. The summed E-state index contributed by atoms with van der Waals surface area (Å²) in [6.45, 7) is 19.5. The van der Waals surface area contributed by atoms with Crippen LogP contribution in [-0.2, 0) is 4.79 Å². The highest BCUT2D eigenvalue weighted by molar-refractivity contribution is 6.39. The van der Waals surface area contributed by atoms with Crippen molar-refractivity contribution in [3.8, 4) is 5.75 Å². The second-order valence-electron chi connectivity index (χ2n) is 8.05. The minimum absolute atomic E-state index is 0.279. The lowest BCUT2D eigenvalue weighted by Crippen LogP contribution is -2.37. The van der Waals surface area contributed by atoms with Gasteiger partial charge in [-0.15, -0.1) is 0 Å². The molecule has 2 rings (SSSR count). The van der Waals surface area contributed by atoms with Crippen LogP contribution in [0.1, 0.15) is 34.1 Å². The van der Waals surface area contributed by atoms with Gasteiger partial charge in [0.1, 0.15) is 11.6 Å². The number of allylic oxidation sites excluding steroid dienone is 2. The third-order valence-electron chi connectivity index (χ3n) is 5.68. The summed E-state index contributed by atoms with van der Waals surface area (Å²) in [6.07, 6.45) is 3.87. The quantitative estimate of drug-likeness (QED) is 0.340. The highest BCUT2D eigenvalue weighted by atomic mass is 35.5. The molecule has 2 N–H and O–H groups in total. The molecule has 8 heteroatoms. The van der Waals surface area contributed by atoms with Gasteiger partial charge < -0.3 is 20.3 Å². The van der Waals surface area contributed by atoms with E-state index >= 15 is 0 Å². The fraction of sp³-hybridized carbons (Fsp3) is 0.440. The molecule has 0 aromatic heterocycles. The molecule has 1 atom stereocenters. The van der Waals surface area contributed by atoms with E-state index in [1.54, 1.807) is 13.3 Å². The Kier molecular flexibility index (Phi) is 10.0. The number of carbonyl (C=O) groups excluding carboxylic acids is 1. The van der Waals surface area contributed by atoms with Crippen molar-refractivity contribution in [1.29, 1.82) is 0 Å². The maximum Gasteiger partial charge on any atom is 0.247 e. The molecule has 0 saturated carbocycles. The van der Waals surface area contributed by atoms with Crippen molar-refractivity contribution in [2.45, 2.75) is 40.2 Å². The highest BCUT2D eigenvalue weighted by Gasteiger charge is 2.28. The van der Waals surface area contributed by atoms with Gasteiger partial charge in [-0.1, -0.05) is 44.2 Å². The lowest BCUT2D eigenvalue weighted by molar-refractivity contribution is -0.111. The molecule has 1 unspecified atom stereocenters. The van der Waals surface area contributed by atoms with Gasteiger partial charge in [-0.25, -0.2) is 4.99 Å². The van der Waals surface area contributed by atoms with Crippen LogP contribution in [0.4, 0.5) is 17.1 Å². The van der Waals surface area contributed by atoms with Gasteiger partial charge in [0, 0.05) is 31.4 Å². The van der Waals surface area contributed by atoms with Crippen molar-refractivity contribution in [3.63, 3.8) is 0 Å². The second kappa shape index (κ2) is 12.5. The molecule has 1 aliphatic heterocycles. The molecule has 0 spiro atoms. The van der Waals surface area contributed by atoms with Crippen LogP contribution in [0.15, 0.2) is 52.8 Å². The number of ether oxygens (including phenoxy) is 1. The van der Waals surface area contributed by atoms with E-state index in [2.05, 4.69) is 52.4 Å². The van der Waals surface area contributed by atoms with Crippen LogP contribution in [0.5, 0.6) is 5.75 Å². The Bertz CT molecular complexity index is 933. The van der Waals surface area contributed by atoms with Crippen molar-refractivity contribution in [3.05, 3.63) is 47.8 Å². The lowest BCUT2D eigenvalue weighted by atomic mass is 10.2. The Hall–Kier alpha value is -2.77. The van der Waals surface area contributed by atoms with Crippen LogP contribution in [0.3, 0.4) is 0 Å². The van der Waals surface area contributed by atoms with Crippen LogP contribution in [0, 0.1) is 0 Å². The SMILES string of the molecule is C=CC(=O)Nc1cc(NC(=C)N=CC(Cl)=C(C)C)c(OC)cc1N1CCC(N(CC)CC)C1. The van der Waals surface area contributed by atoms with Crippen LogP contribution >= 0.6 is 11.6 Å². The average molecular weight is 474 g/mol. The van der Waals surface area contributed by atoms with E-state index in [1.807, 2.05) is 26.0 Å². The van der Waals surface area contributed by atoms with Crippen LogP contribution in [0.25, 0.3) is 0 Å². The normalized spacial score (nSPS) is 15.6. The summed E-state index contributed by atoms with van der Waals surface area (Å²) in [5, 5.41) is 6.63. The van der Waals surface area contributed by atoms with E-state index in [0.717, 1.165) is 43.9 Å². The molecular weight excluding hydrogens is 438 g/mol. The van der Waals surface area contributed by atoms with Crippen molar-refractivity contribution in [1.82, 2.24) is 4.90 Å². The predicted molar refractivity (Wildman–Crippen MR) is 141 cm³/mol. The molecule has 1 aromatic carbocycles. The Morgan fingerprint density at radius 2 is 2.00 bits per heavy atom. The summed E-state index contributed by atoms with van der Waals surface area (Å²) in [7, 11) is 1.61. The third kappa shape index (κ3) is 7.11. The summed E-state index contributed by atoms with van der Waals surface area (Å²) in [6, 6.07) is 4.25. The summed E-state index contributed by atoms with van der Waals surface area (Å²) in [5.74, 6) is 0.737. The molecule has 180 valence electrons. The van der Waals surface area contributed by atoms with Gasteiger partial charge in [0.15, 0.2) is 0 Å². The number of aliphatic imine (C=N–C) groups is 1. The number of carbonyl (C=O) groups is 1. The number of hydrogen-bond donors (Lipinski definition) is 2. The van der Waals surface area contributed by atoms with Crippen molar-refractivity contribution < 1.29 is 9.53 Å². The average Bonchev–Trinajstić information content (AvgIpc) is 3.27. The summed E-state index contributed by atoms with van der Waals surface area (Å²) < 4.78 is 5.65. The maximum absolute atomic E-state index is 12.2. The van der Waals surface area contributed by atoms with Gasteiger partial charge in [0.25, 0.3) is 0 Å². The summed E-state index contributed by atoms with van der Waals surface area (Å²) in [5.41, 5.74) is 3.17. The fourth-order valence-electron chi connectivity index (χ4n) is 3.83. The van der Waals surface area contributed by atoms with Crippen LogP contribution < -0.4 is 20.3 Å². The number of rotatable bonds is 11. The topological polar surface area (TPSA) is 69.2 Å². The lowest BCUT2D eigenvalue weighted by Gasteiger charge is -2.28. The second-order valence-corrected chi connectivity index (χ2v) is 8.46. The first-order chi connectivity index (χ1) is 15.7. The van der Waals surface area contributed by atoms with Crippen molar-refractivity contribution in [2.75, 3.05) is 48.8 Å². The smallest absolute Gasteiger partial charge is 0.247 e. The highest BCUT2D eigenvalue weighted by Crippen LogP contribution is 2.39. The van der Waals surface area contributed by atoms with E-state index in [4.69, 9.17) is 16.3 Å². The number of halogens is 1. The number of likely N-dealkylation sites (N-methyl/N-ethyl adjacent to an activating group) is 1. The molecule has 1 saturated heterocycles. The molecular formula is C25H36ClN5O2. The first-order valence-corrected chi connectivity index (χ1v) is 11.6. The zero-order chi connectivity index (χ0) is 24.5. The molecule has 7 nitrogen and oxygen atoms in total. The van der Waals surface area contributed by atoms with Crippen molar-refractivity contribution in [2.24, 2.45) is 4.99 Å². The van der Waals surface area contributed by atoms with Crippen molar-refractivity contribution >= 4 is 40.8 Å². The largest absolute Gasteiger partial charge is 0.494 e. The molecule has 1 aliphatic rings. The Morgan fingerprint density at radius 1 is 1.30 bits per heavy atom. The molecule has 1 amide bonds. The van der Waals surface area contributed by atoms with Crippen LogP contribution in [0.2, 0.25) is 0 Å². The summed E-state index contributed by atoms with van der Waals surface area (Å²) in [4.78, 5) is 21.2. The van der Waals surface area contributed by atoms with Gasteiger partial charge in [-0.2, -0.15) is 0 Å². The van der Waals surface area contributed by atoms with E-state index in [1.165, 1.54) is 6.08 Å². The van der Waals surface area contributed by atoms with Gasteiger partial charge in [0.05, 0.1) is 29.2 Å². The van der Waals surface area contributed by atoms with Gasteiger partial charge in [-0.05, 0) is 45.5 Å². The first-order valence-electron chi connectivity index (χ1n) is 11.2. The van der Waals surface area contributed by atoms with Gasteiger partial charge >= 0.3 is 0 Å². The zero-order valence-corrected chi connectivity index (χ0v) is 21.1. The van der Waals surface area contributed by atoms with E-state index in [-0.39, 0.29) is 5.91 Å². The molecule has 0 aliphatic carbocycles. The number of benzene rings is 1. The molecule has 1 heterocycles. The number of nitrogens with zero attached hydrogens (tertiary/aromatic N) is 3. The monoisotopic (exact) mass is 473 g/mol. The molecule has 33 heavy (non-hydrogen) atoms. The Labute approximate surface area is 202 Å². The molecule has 1 aromatic rings. The van der Waals surface area contributed by atoms with E-state index in [0.29, 0.717) is 34.0 Å². The zero-order valence-electron chi connectivity index (χ0n) is 20.4. The Balaban J connectivity index is 2.37. The third-order valence-corrected chi connectivity index (χ3v) is 6.16. The number of hydrogen-bond acceptors (Lipinski definition) is 6. The molecule has 0 radical (unpaired) electrons. The van der Waals surface area contributed by atoms with Crippen LogP contribution in [-0.4, -0.2) is 56.4 Å². The predicted octanol–water partition coefficient (Wildman–Crippen LogP) is 5.23. The Morgan fingerprint density at radius 3 is 2.58 bits per heavy atom. The maximum atomic E-state index is 12.2. The van der Waals surface area contributed by atoms with Gasteiger partial charge in [-0.3, -0.25) is 9.69 Å².